The monoisotopic (exact) mass is 259 g/mol. The highest BCUT2D eigenvalue weighted by atomic mass is 19.1. The second-order valence-electron chi connectivity index (χ2n) is 3.93. The van der Waals surface area contributed by atoms with Gasteiger partial charge in [0.1, 0.15) is 5.82 Å². The molecule has 0 aliphatic heterocycles. The molecule has 0 fully saturated rings. The number of halogens is 1. The van der Waals surface area contributed by atoms with Crippen molar-refractivity contribution in [2.75, 3.05) is 5.32 Å². The summed E-state index contributed by atoms with van der Waals surface area (Å²) in [7, 11) is -1.58. The smallest absolute Gasteiger partial charge is 0.423 e. The first-order valence-corrected chi connectivity index (χ1v) is 5.60. The van der Waals surface area contributed by atoms with Gasteiger partial charge in [-0.2, -0.15) is 0 Å². The van der Waals surface area contributed by atoms with Crippen molar-refractivity contribution in [1.29, 1.82) is 0 Å². The number of para-hydroxylation sites is 1. The Labute approximate surface area is 109 Å². The van der Waals surface area contributed by atoms with Gasteiger partial charge in [0.15, 0.2) is 0 Å². The zero-order chi connectivity index (χ0) is 13.8. The lowest BCUT2D eigenvalue weighted by Crippen LogP contribution is -2.29. The maximum atomic E-state index is 13.4. The molecule has 0 heterocycles. The number of hydrogen-bond donors (Lipinski definition) is 3. The van der Waals surface area contributed by atoms with Crippen molar-refractivity contribution in [3.8, 4) is 0 Å². The van der Waals surface area contributed by atoms with Gasteiger partial charge in [0.05, 0.1) is 5.69 Å². The van der Waals surface area contributed by atoms with Crippen molar-refractivity contribution >= 4 is 24.2 Å². The molecule has 1 amide bonds. The van der Waals surface area contributed by atoms with E-state index in [4.69, 9.17) is 10.0 Å². The van der Waals surface area contributed by atoms with Gasteiger partial charge < -0.3 is 15.4 Å². The van der Waals surface area contributed by atoms with Crippen LogP contribution in [0.4, 0.5) is 10.1 Å². The van der Waals surface area contributed by atoms with Gasteiger partial charge in [-0.3, -0.25) is 4.79 Å². The molecule has 0 aromatic heterocycles. The predicted molar refractivity (Wildman–Crippen MR) is 70.6 cm³/mol. The summed E-state index contributed by atoms with van der Waals surface area (Å²) in [4.78, 5) is 11.8. The van der Waals surface area contributed by atoms with E-state index in [1.54, 1.807) is 6.07 Å². The maximum absolute atomic E-state index is 13.4. The number of carbonyl (C=O) groups excluding carboxylic acids is 1. The van der Waals surface area contributed by atoms with Crippen molar-refractivity contribution in [2.24, 2.45) is 0 Å². The highest BCUT2D eigenvalue weighted by Gasteiger charge is 2.12. The molecule has 2 aromatic rings. The summed E-state index contributed by atoms with van der Waals surface area (Å²) in [6.45, 7) is 0. The van der Waals surface area contributed by atoms with E-state index in [1.165, 1.54) is 42.5 Å². The average molecular weight is 259 g/mol. The topological polar surface area (TPSA) is 69.6 Å². The molecule has 96 valence electrons. The van der Waals surface area contributed by atoms with E-state index < -0.39 is 18.8 Å². The second kappa shape index (κ2) is 5.64. The van der Waals surface area contributed by atoms with E-state index in [1.807, 2.05) is 0 Å². The maximum Gasteiger partial charge on any atom is 0.488 e. The van der Waals surface area contributed by atoms with E-state index >= 15 is 0 Å². The second-order valence-corrected chi connectivity index (χ2v) is 3.93. The van der Waals surface area contributed by atoms with Crippen molar-refractivity contribution in [2.45, 2.75) is 0 Å². The largest absolute Gasteiger partial charge is 0.488 e. The lowest BCUT2D eigenvalue weighted by molar-refractivity contribution is 0.102. The Morgan fingerprint density at radius 2 is 1.68 bits per heavy atom. The fourth-order valence-electron chi connectivity index (χ4n) is 1.56. The summed E-state index contributed by atoms with van der Waals surface area (Å²) < 4.78 is 13.4. The lowest BCUT2D eigenvalue weighted by Gasteiger charge is -2.06. The minimum atomic E-state index is -1.58. The Balaban J connectivity index is 2.14. The van der Waals surface area contributed by atoms with Crippen LogP contribution in [0.2, 0.25) is 0 Å². The van der Waals surface area contributed by atoms with E-state index in [0.717, 1.165) is 0 Å². The zero-order valence-corrected chi connectivity index (χ0v) is 9.88. The minimum absolute atomic E-state index is 0.0961. The summed E-state index contributed by atoms with van der Waals surface area (Å²) in [5, 5.41) is 20.3. The summed E-state index contributed by atoms with van der Waals surface area (Å²) >= 11 is 0. The molecule has 19 heavy (non-hydrogen) atoms. The third kappa shape index (κ3) is 3.18. The Morgan fingerprint density at radius 1 is 1.05 bits per heavy atom. The number of benzene rings is 2. The number of amides is 1. The summed E-state index contributed by atoms with van der Waals surface area (Å²) in [5.41, 5.74) is 0.675. The molecule has 4 nitrogen and oxygen atoms in total. The summed E-state index contributed by atoms with van der Waals surface area (Å²) in [6.07, 6.45) is 0. The van der Waals surface area contributed by atoms with Crippen molar-refractivity contribution in [1.82, 2.24) is 0 Å². The van der Waals surface area contributed by atoms with Crippen LogP contribution in [0, 0.1) is 5.82 Å². The van der Waals surface area contributed by atoms with Crippen LogP contribution in [0.1, 0.15) is 10.4 Å². The average Bonchev–Trinajstić information content (AvgIpc) is 2.41. The molecule has 0 atom stereocenters. The highest BCUT2D eigenvalue weighted by molar-refractivity contribution is 6.58. The number of nitrogens with one attached hydrogen (secondary N) is 1. The van der Waals surface area contributed by atoms with Crippen LogP contribution in [-0.2, 0) is 0 Å². The van der Waals surface area contributed by atoms with Crippen LogP contribution in [-0.4, -0.2) is 23.1 Å². The first-order chi connectivity index (χ1) is 9.08. The Kier molecular flexibility index (Phi) is 3.94. The third-order valence-corrected chi connectivity index (χ3v) is 2.59. The Hall–Kier alpha value is -2.18. The van der Waals surface area contributed by atoms with E-state index in [9.17, 15) is 9.18 Å². The molecule has 3 N–H and O–H groups in total. The fraction of sp³-hybridized carbons (Fsp3) is 0. The lowest BCUT2D eigenvalue weighted by atomic mass is 9.80. The molecule has 2 aromatic carbocycles. The van der Waals surface area contributed by atoms with Crippen LogP contribution in [0.25, 0.3) is 0 Å². The Morgan fingerprint density at radius 3 is 2.26 bits per heavy atom. The van der Waals surface area contributed by atoms with Crippen LogP contribution in [0.5, 0.6) is 0 Å². The van der Waals surface area contributed by atoms with Gasteiger partial charge in [-0.25, -0.2) is 4.39 Å². The van der Waals surface area contributed by atoms with E-state index in [-0.39, 0.29) is 11.2 Å². The molecule has 0 unspecified atom stereocenters. The quantitative estimate of drug-likeness (QED) is 0.712. The van der Waals surface area contributed by atoms with Gasteiger partial charge in [0.2, 0.25) is 0 Å². The molecule has 0 radical (unpaired) electrons. The standard InChI is InChI=1S/C13H11BFNO3/c15-11-3-1-2-4-12(11)16-13(17)9-5-7-10(8-6-9)14(18)19/h1-8,18-19H,(H,16,17). The zero-order valence-electron chi connectivity index (χ0n) is 9.88. The molecular weight excluding hydrogens is 248 g/mol. The Bertz CT molecular complexity index is 587. The van der Waals surface area contributed by atoms with Gasteiger partial charge in [0, 0.05) is 5.56 Å². The molecule has 0 saturated carbocycles. The van der Waals surface area contributed by atoms with Gasteiger partial charge in [0.25, 0.3) is 5.91 Å². The number of anilines is 1. The summed E-state index contributed by atoms with van der Waals surface area (Å²) in [6, 6.07) is 11.6. The van der Waals surface area contributed by atoms with Gasteiger partial charge in [-0.1, -0.05) is 24.3 Å². The van der Waals surface area contributed by atoms with Gasteiger partial charge >= 0.3 is 7.12 Å². The van der Waals surface area contributed by atoms with Crippen molar-refractivity contribution in [3.63, 3.8) is 0 Å². The molecule has 0 saturated heterocycles. The minimum Gasteiger partial charge on any atom is -0.423 e. The van der Waals surface area contributed by atoms with Crippen LogP contribution in [0.3, 0.4) is 0 Å². The molecule has 2 rings (SSSR count). The molecule has 0 aliphatic carbocycles. The normalized spacial score (nSPS) is 10.1. The van der Waals surface area contributed by atoms with E-state index in [0.29, 0.717) is 5.56 Å². The SMILES string of the molecule is O=C(Nc1ccccc1F)c1ccc(B(O)O)cc1. The molecule has 0 aliphatic rings. The summed E-state index contributed by atoms with van der Waals surface area (Å²) in [5.74, 6) is -0.984. The third-order valence-electron chi connectivity index (χ3n) is 2.59. The first-order valence-electron chi connectivity index (χ1n) is 5.60. The highest BCUT2D eigenvalue weighted by Crippen LogP contribution is 2.13. The number of rotatable bonds is 3. The predicted octanol–water partition coefficient (Wildman–Crippen LogP) is 0.758. The van der Waals surface area contributed by atoms with E-state index in [2.05, 4.69) is 5.32 Å². The molecule has 0 spiro atoms. The number of hydrogen-bond acceptors (Lipinski definition) is 3. The van der Waals surface area contributed by atoms with Crippen molar-refractivity contribution in [3.05, 3.63) is 59.9 Å². The van der Waals surface area contributed by atoms with Gasteiger partial charge in [-0.15, -0.1) is 0 Å². The van der Waals surface area contributed by atoms with Crippen LogP contribution < -0.4 is 10.8 Å². The molecule has 0 bridgehead atoms. The van der Waals surface area contributed by atoms with Crippen LogP contribution in [0.15, 0.2) is 48.5 Å². The first kappa shape index (κ1) is 13.3. The molecular formula is C13H11BFNO3. The fourth-order valence-corrected chi connectivity index (χ4v) is 1.56. The molecule has 6 heteroatoms. The van der Waals surface area contributed by atoms with Crippen molar-refractivity contribution < 1.29 is 19.2 Å². The number of carbonyl (C=O) groups is 1. The van der Waals surface area contributed by atoms with Crippen LogP contribution >= 0.6 is 0 Å². The van der Waals surface area contributed by atoms with Gasteiger partial charge in [-0.05, 0) is 29.7 Å².